The number of hydrogen-bond donors (Lipinski definition) is 1. The lowest BCUT2D eigenvalue weighted by molar-refractivity contribution is 0.181. The molecule has 0 aliphatic heterocycles. The predicted octanol–water partition coefficient (Wildman–Crippen LogP) is 3.07. The molecule has 100 valence electrons. The van der Waals surface area contributed by atoms with Crippen molar-refractivity contribution in [2.24, 2.45) is 0 Å². The van der Waals surface area contributed by atoms with E-state index in [1.165, 1.54) is 5.56 Å². The molecular formula is C15H23NO2. The third-order valence-corrected chi connectivity index (χ3v) is 2.90. The Hall–Kier alpha value is -1.32. The van der Waals surface area contributed by atoms with Crippen LogP contribution in [0, 0.1) is 0 Å². The normalized spacial score (nSPS) is 12.2. The predicted molar refractivity (Wildman–Crippen MR) is 74.9 cm³/mol. The maximum Gasteiger partial charge on any atom is 0.124 e. The first-order valence-corrected chi connectivity index (χ1v) is 6.23. The topological polar surface area (TPSA) is 30.5 Å². The Balaban J connectivity index is 2.76. The first-order valence-electron chi connectivity index (χ1n) is 6.23. The Labute approximate surface area is 110 Å². The summed E-state index contributed by atoms with van der Waals surface area (Å²) in [4.78, 5) is 0. The molecule has 0 heterocycles. The van der Waals surface area contributed by atoms with Gasteiger partial charge in [-0.2, -0.15) is 0 Å². The van der Waals surface area contributed by atoms with Crippen LogP contribution in [0.5, 0.6) is 5.75 Å². The molecule has 0 aromatic heterocycles. The number of rotatable bonds is 8. The smallest absolute Gasteiger partial charge is 0.124 e. The second kappa shape index (κ2) is 7.90. The van der Waals surface area contributed by atoms with E-state index in [4.69, 9.17) is 9.47 Å². The van der Waals surface area contributed by atoms with Crippen LogP contribution in [0.2, 0.25) is 0 Å². The molecule has 0 saturated carbocycles. The summed E-state index contributed by atoms with van der Waals surface area (Å²) >= 11 is 0. The maximum atomic E-state index is 5.32. The summed E-state index contributed by atoms with van der Waals surface area (Å²) in [6.45, 7) is 7.38. The van der Waals surface area contributed by atoms with E-state index in [9.17, 15) is 0 Å². The lowest BCUT2D eigenvalue weighted by Crippen LogP contribution is -2.19. The Morgan fingerprint density at radius 2 is 2.17 bits per heavy atom. The Morgan fingerprint density at radius 1 is 1.39 bits per heavy atom. The van der Waals surface area contributed by atoms with Crippen molar-refractivity contribution < 1.29 is 9.47 Å². The molecule has 1 rings (SSSR count). The molecule has 0 amide bonds. The molecular weight excluding hydrogens is 226 g/mol. The second-order valence-corrected chi connectivity index (χ2v) is 4.26. The molecule has 0 aliphatic carbocycles. The summed E-state index contributed by atoms with van der Waals surface area (Å²) in [7, 11) is 3.37. The molecule has 1 aromatic carbocycles. The van der Waals surface area contributed by atoms with Crippen molar-refractivity contribution in [2.45, 2.75) is 26.0 Å². The molecule has 1 unspecified atom stereocenters. The van der Waals surface area contributed by atoms with Gasteiger partial charge in [0.1, 0.15) is 5.75 Å². The van der Waals surface area contributed by atoms with Crippen LogP contribution in [0.25, 0.3) is 0 Å². The fourth-order valence-corrected chi connectivity index (χ4v) is 1.86. The highest BCUT2D eigenvalue weighted by Crippen LogP contribution is 2.23. The number of benzene rings is 1. The zero-order valence-corrected chi connectivity index (χ0v) is 11.5. The van der Waals surface area contributed by atoms with E-state index in [-0.39, 0.29) is 0 Å². The van der Waals surface area contributed by atoms with Gasteiger partial charge in [0.05, 0.1) is 13.7 Å². The van der Waals surface area contributed by atoms with E-state index < -0.39 is 0 Å². The van der Waals surface area contributed by atoms with Gasteiger partial charge in [0, 0.05) is 18.7 Å². The van der Waals surface area contributed by atoms with Crippen molar-refractivity contribution in [1.82, 2.24) is 5.32 Å². The molecule has 0 aliphatic rings. The molecule has 3 nitrogen and oxygen atoms in total. The average Bonchev–Trinajstić information content (AvgIpc) is 2.39. The van der Waals surface area contributed by atoms with Crippen LogP contribution < -0.4 is 10.1 Å². The highest BCUT2D eigenvalue weighted by molar-refractivity contribution is 5.38. The average molecular weight is 249 g/mol. The fourth-order valence-electron chi connectivity index (χ4n) is 1.86. The quantitative estimate of drug-likeness (QED) is 0.567. The summed E-state index contributed by atoms with van der Waals surface area (Å²) in [5.41, 5.74) is 2.32. The molecule has 0 radical (unpaired) electrons. The zero-order valence-electron chi connectivity index (χ0n) is 11.5. The van der Waals surface area contributed by atoms with Gasteiger partial charge in [0.25, 0.3) is 0 Å². The molecule has 1 aromatic rings. The van der Waals surface area contributed by atoms with Crippen LogP contribution in [-0.4, -0.2) is 20.8 Å². The van der Waals surface area contributed by atoms with Crippen LogP contribution in [0.3, 0.4) is 0 Å². The van der Waals surface area contributed by atoms with Crippen molar-refractivity contribution in [2.75, 3.05) is 20.8 Å². The minimum Gasteiger partial charge on any atom is -0.496 e. The highest BCUT2D eigenvalue weighted by Gasteiger charge is 2.08. The van der Waals surface area contributed by atoms with E-state index in [0.29, 0.717) is 12.6 Å². The van der Waals surface area contributed by atoms with Gasteiger partial charge < -0.3 is 14.8 Å². The van der Waals surface area contributed by atoms with Crippen molar-refractivity contribution in [3.8, 4) is 5.75 Å². The van der Waals surface area contributed by atoms with Crippen LogP contribution in [0.15, 0.2) is 30.9 Å². The van der Waals surface area contributed by atoms with Gasteiger partial charge >= 0.3 is 0 Å². The summed E-state index contributed by atoms with van der Waals surface area (Å²) in [5.74, 6) is 0.874. The molecule has 18 heavy (non-hydrogen) atoms. The van der Waals surface area contributed by atoms with Gasteiger partial charge in [-0.25, -0.2) is 0 Å². The minimum atomic E-state index is 0.312. The largest absolute Gasteiger partial charge is 0.496 e. The van der Waals surface area contributed by atoms with Gasteiger partial charge in [-0.05, 0) is 37.6 Å². The fraction of sp³-hybridized carbons (Fsp3) is 0.467. The van der Waals surface area contributed by atoms with Gasteiger partial charge in [-0.3, -0.25) is 0 Å². The van der Waals surface area contributed by atoms with Gasteiger partial charge in [0.15, 0.2) is 0 Å². The zero-order chi connectivity index (χ0) is 13.4. The Morgan fingerprint density at radius 3 is 2.78 bits per heavy atom. The van der Waals surface area contributed by atoms with Crippen molar-refractivity contribution in [3.05, 3.63) is 42.0 Å². The van der Waals surface area contributed by atoms with Crippen molar-refractivity contribution in [3.63, 3.8) is 0 Å². The monoisotopic (exact) mass is 249 g/mol. The number of hydrogen-bond acceptors (Lipinski definition) is 3. The summed E-state index contributed by atoms with van der Waals surface area (Å²) < 4.78 is 10.5. The molecule has 3 heteroatoms. The third kappa shape index (κ3) is 4.17. The van der Waals surface area contributed by atoms with E-state index in [1.807, 2.05) is 12.1 Å². The maximum absolute atomic E-state index is 5.32. The molecule has 0 spiro atoms. The van der Waals surface area contributed by atoms with Gasteiger partial charge in [0.2, 0.25) is 0 Å². The molecule has 0 bridgehead atoms. The van der Waals surface area contributed by atoms with Gasteiger partial charge in [-0.1, -0.05) is 12.1 Å². The van der Waals surface area contributed by atoms with E-state index in [0.717, 1.165) is 24.3 Å². The van der Waals surface area contributed by atoms with Crippen molar-refractivity contribution >= 4 is 0 Å². The standard InChI is InChI=1S/C15H23NO2/c1-5-6-9-16-12(2)13-7-8-15(18-4)14(10-13)11-17-3/h5,7-8,10,12,16H,1,6,9,11H2,2-4H3. The summed E-state index contributed by atoms with van der Waals surface area (Å²) in [5, 5.41) is 3.45. The van der Waals surface area contributed by atoms with Gasteiger partial charge in [-0.15, -0.1) is 6.58 Å². The first-order chi connectivity index (χ1) is 8.72. The Bertz CT molecular complexity index is 377. The minimum absolute atomic E-state index is 0.312. The number of ether oxygens (including phenoxy) is 2. The molecule has 0 saturated heterocycles. The summed E-state index contributed by atoms with van der Waals surface area (Å²) in [6.07, 6.45) is 2.90. The van der Waals surface area contributed by atoms with Crippen LogP contribution in [-0.2, 0) is 11.3 Å². The SMILES string of the molecule is C=CCCNC(C)c1ccc(OC)c(COC)c1. The van der Waals surface area contributed by atoms with E-state index in [1.54, 1.807) is 14.2 Å². The highest BCUT2D eigenvalue weighted by atomic mass is 16.5. The van der Waals surface area contributed by atoms with Crippen LogP contribution in [0.1, 0.15) is 30.5 Å². The van der Waals surface area contributed by atoms with E-state index >= 15 is 0 Å². The summed E-state index contributed by atoms with van der Waals surface area (Å²) in [6, 6.07) is 6.53. The van der Waals surface area contributed by atoms with Crippen LogP contribution >= 0.6 is 0 Å². The third-order valence-electron chi connectivity index (χ3n) is 2.90. The lowest BCUT2D eigenvalue weighted by atomic mass is 10.0. The molecule has 0 fully saturated rings. The molecule has 1 atom stereocenters. The number of methoxy groups -OCH3 is 2. The number of nitrogens with one attached hydrogen (secondary N) is 1. The van der Waals surface area contributed by atoms with Crippen molar-refractivity contribution in [1.29, 1.82) is 0 Å². The lowest BCUT2D eigenvalue weighted by Gasteiger charge is -2.16. The first kappa shape index (κ1) is 14.7. The Kier molecular flexibility index (Phi) is 6.47. The molecule has 1 N–H and O–H groups in total. The second-order valence-electron chi connectivity index (χ2n) is 4.26. The van der Waals surface area contributed by atoms with E-state index in [2.05, 4.69) is 31.0 Å². The van der Waals surface area contributed by atoms with Crippen LogP contribution in [0.4, 0.5) is 0 Å².